The van der Waals surface area contributed by atoms with Crippen LogP contribution in [0.4, 0.5) is 5.69 Å². The van der Waals surface area contributed by atoms with Crippen molar-refractivity contribution >= 4 is 5.69 Å². The van der Waals surface area contributed by atoms with Gasteiger partial charge in [-0.2, -0.15) is 0 Å². The summed E-state index contributed by atoms with van der Waals surface area (Å²) in [5, 5.41) is 0. The summed E-state index contributed by atoms with van der Waals surface area (Å²) in [4.78, 5) is 2.34. The summed E-state index contributed by atoms with van der Waals surface area (Å²) in [5.74, 6) is 0. The Labute approximate surface area is 85.7 Å². The minimum absolute atomic E-state index is 0.960. The van der Waals surface area contributed by atoms with Crippen LogP contribution in [0.5, 0.6) is 0 Å². The van der Waals surface area contributed by atoms with E-state index in [-0.39, 0.29) is 0 Å². The molecule has 14 heavy (non-hydrogen) atoms. The van der Waals surface area contributed by atoms with Gasteiger partial charge in [0, 0.05) is 18.8 Å². The maximum absolute atomic E-state index is 5.98. The third-order valence-electron chi connectivity index (χ3n) is 3.05. The third kappa shape index (κ3) is 1.62. The molecule has 0 aromatic heterocycles. The molecule has 0 spiro atoms. The first-order valence-electron chi connectivity index (χ1n) is 5.29. The molecule has 2 heteroatoms. The van der Waals surface area contributed by atoms with E-state index in [9.17, 15) is 0 Å². The molecule has 0 bridgehead atoms. The molecule has 76 valence electrons. The van der Waals surface area contributed by atoms with Gasteiger partial charge < -0.3 is 10.6 Å². The number of nitrogen functional groups attached to an aromatic ring is 1. The molecule has 0 fully saturated rings. The summed E-state index contributed by atoms with van der Waals surface area (Å²) in [6, 6.07) is 4.45. The summed E-state index contributed by atoms with van der Waals surface area (Å²) >= 11 is 0. The van der Waals surface area contributed by atoms with Crippen molar-refractivity contribution in [3.63, 3.8) is 0 Å². The first-order valence-corrected chi connectivity index (χ1v) is 5.29. The van der Waals surface area contributed by atoms with Crippen LogP contribution in [0.15, 0.2) is 12.1 Å². The van der Waals surface area contributed by atoms with Crippen molar-refractivity contribution in [2.45, 2.75) is 26.3 Å². The van der Waals surface area contributed by atoms with Gasteiger partial charge in [-0.25, -0.2) is 0 Å². The molecule has 0 amide bonds. The number of likely N-dealkylation sites (N-methyl/N-ethyl adjacent to an activating group) is 1. The Balaban J connectivity index is 2.40. The van der Waals surface area contributed by atoms with Gasteiger partial charge in [-0.15, -0.1) is 0 Å². The van der Waals surface area contributed by atoms with Crippen LogP contribution in [0.25, 0.3) is 0 Å². The number of hydrogen-bond acceptors (Lipinski definition) is 2. The Morgan fingerprint density at radius 1 is 1.36 bits per heavy atom. The Bertz CT molecular complexity index is 344. The number of nitrogens with two attached hydrogens (primary N) is 1. The van der Waals surface area contributed by atoms with E-state index in [1.807, 2.05) is 0 Å². The zero-order chi connectivity index (χ0) is 10.1. The molecule has 1 aliphatic rings. The van der Waals surface area contributed by atoms with Gasteiger partial charge in [0.15, 0.2) is 0 Å². The molecule has 2 N–H and O–H groups in total. The summed E-state index contributed by atoms with van der Waals surface area (Å²) in [6.45, 7) is 4.37. The zero-order valence-corrected chi connectivity index (χ0v) is 9.01. The fourth-order valence-corrected chi connectivity index (χ4v) is 2.13. The molecule has 0 radical (unpaired) electrons. The van der Waals surface area contributed by atoms with Crippen LogP contribution in [0.2, 0.25) is 0 Å². The molecular formula is C12H18N2. The molecule has 1 aromatic carbocycles. The largest absolute Gasteiger partial charge is 0.398 e. The number of hydrogen-bond donors (Lipinski definition) is 1. The molecule has 2 rings (SSSR count). The number of nitrogens with zero attached hydrogens (tertiary/aromatic N) is 1. The predicted octanol–water partition coefficient (Wildman–Crippen LogP) is 1.82. The van der Waals surface area contributed by atoms with Crippen molar-refractivity contribution in [1.29, 1.82) is 0 Å². The lowest BCUT2D eigenvalue weighted by Crippen LogP contribution is -2.26. The quantitative estimate of drug-likeness (QED) is 0.684. The van der Waals surface area contributed by atoms with Crippen LogP contribution in [0.1, 0.15) is 23.6 Å². The van der Waals surface area contributed by atoms with Crippen molar-refractivity contribution in [2.75, 3.05) is 19.3 Å². The molecular weight excluding hydrogens is 172 g/mol. The molecule has 0 aliphatic carbocycles. The number of benzene rings is 1. The van der Waals surface area contributed by atoms with E-state index in [0.717, 1.165) is 18.7 Å². The van der Waals surface area contributed by atoms with Gasteiger partial charge in [0.2, 0.25) is 0 Å². The van der Waals surface area contributed by atoms with Crippen molar-refractivity contribution in [3.05, 3.63) is 28.8 Å². The maximum atomic E-state index is 5.98. The van der Waals surface area contributed by atoms with Crippen molar-refractivity contribution in [2.24, 2.45) is 0 Å². The first-order chi connectivity index (χ1) is 6.70. The topological polar surface area (TPSA) is 29.3 Å². The average molecular weight is 190 g/mol. The summed E-state index contributed by atoms with van der Waals surface area (Å²) in [7, 11) is 2.16. The Kier molecular flexibility index (Phi) is 2.46. The van der Waals surface area contributed by atoms with Gasteiger partial charge >= 0.3 is 0 Å². The second kappa shape index (κ2) is 3.62. The second-order valence-electron chi connectivity index (χ2n) is 4.16. The molecule has 0 atom stereocenters. The molecule has 0 saturated carbocycles. The molecule has 0 saturated heterocycles. The van der Waals surface area contributed by atoms with Crippen LogP contribution >= 0.6 is 0 Å². The monoisotopic (exact) mass is 190 g/mol. The standard InChI is InChI=1S/C12H18N2/c1-3-9-6-10-4-5-14(2)8-11(10)7-12(9)13/h6-7H,3-5,8,13H2,1-2H3. The SMILES string of the molecule is CCc1cc2c(cc1N)CN(C)CC2. The van der Waals surface area contributed by atoms with Gasteiger partial charge in [-0.1, -0.05) is 13.0 Å². The number of rotatable bonds is 1. The lowest BCUT2D eigenvalue weighted by molar-refractivity contribution is 0.313. The van der Waals surface area contributed by atoms with Crippen molar-refractivity contribution in [3.8, 4) is 0 Å². The highest BCUT2D eigenvalue weighted by molar-refractivity contribution is 5.52. The van der Waals surface area contributed by atoms with Crippen LogP contribution in [0.3, 0.4) is 0 Å². The summed E-state index contributed by atoms with van der Waals surface area (Å²) in [6.07, 6.45) is 2.20. The van der Waals surface area contributed by atoms with Gasteiger partial charge in [0.1, 0.15) is 0 Å². The van der Waals surface area contributed by atoms with Gasteiger partial charge in [0.05, 0.1) is 0 Å². The van der Waals surface area contributed by atoms with Crippen LogP contribution < -0.4 is 5.73 Å². The number of fused-ring (bicyclic) bond motifs is 1. The molecule has 2 nitrogen and oxygen atoms in total. The third-order valence-corrected chi connectivity index (χ3v) is 3.05. The van der Waals surface area contributed by atoms with E-state index in [1.165, 1.54) is 29.7 Å². The molecule has 0 unspecified atom stereocenters. The Morgan fingerprint density at radius 2 is 2.14 bits per heavy atom. The highest BCUT2D eigenvalue weighted by Gasteiger charge is 2.14. The highest BCUT2D eigenvalue weighted by Crippen LogP contribution is 2.24. The molecule has 1 aromatic rings. The van der Waals surface area contributed by atoms with Gasteiger partial charge in [0.25, 0.3) is 0 Å². The average Bonchev–Trinajstić information content (AvgIpc) is 2.16. The first kappa shape index (κ1) is 9.53. The van der Waals surface area contributed by atoms with Crippen LogP contribution in [-0.2, 0) is 19.4 Å². The van der Waals surface area contributed by atoms with Gasteiger partial charge in [-0.3, -0.25) is 0 Å². The number of aryl methyl sites for hydroxylation is 1. The van der Waals surface area contributed by atoms with Crippen molar-refractivity contribution in [1.82, 2.24) is 4.90 Å². The fourth-order valence-electron chi connectivity index (χ4n) is 2.13. The minimum Gasteiger partial charge on any atom is -0.398 e. The Hall–Kier alpha value is -1.02. The van der Waals surface area contributed by atoms with Gasteiger partial charge in [-0.05, 0) is 42.6 Å². The van der Waals surface area contributed by atoms with E-state index in [0.29, 0.717) is 0 Å². The second-order valence-corrected chi connectivity index (χ2v) is 4.16. The zero-order valence-electron chi connectivity index (χ0n) is 9.01. The van der Waals surface area contributed by atoms with E-state index >= 15 is 0 Å². The normalized spacial score (nSPS) is 16.7. The lowest BCUT2D eigenvalue weighted by Gasteiger charge is -2.26. The molecule has 1 heterocycles. The van der Waals surface area contributed by atoms with E-state index < -0.39 is 0 Å². The lowest BCUT2D eigenvalue weighted by atomic mass is 9.95. The summed E-state index contributed by atoms with van der Waals surface area (Å²) in [5.41, 5.74) is 11.1. The molecule has 1 aliphatic heterocycles. The van der Waals surface area contributed by atoms with Crippen LogP contribution in [0, 0.1) is 0 Å². The van der Waals surface area contributed by atoms with E-state index in [4.69, 9.17) is 5.73 Å². The smallest absolute Gasteiger partial charge is 0.0349 e. The fraction of sp³-hybridized carbons (Fsp3) is 0.500. The van der Waals surface area contributed by atoms with E-state index in [1.54, 1.807) is 0 Å². The minimum atomic E-state index is 0.960. The summed E-state index contributed by atoms with van der Waals surface area (Å²) < 4.78 is 0. The predicted molar refractivity (Wildman–Crippen MR) is 60.3 cm³/mol. The number of anilines is 1. The van der Waals surface area contributed by atoms with E-state index in [2.05, 4.69) is 31.0 Å². The van der Waals surface area contributed by atoms with Crippen molar-refractivity contribution < 1.29 is 0 Å². The van der Waals surface area contributed by atoms with Crippen LogP contribution in [-0.4, -0.2) is 18.5 Å². The maximum Gasteiger partial charge on any atom is 0.0349 e. The highest BCUT2D eigenvalue weighted by atomic mass is 15.1. The Morgan fingerprint density at radius 3 is 2.86 bits per heavy atom.